The number of amides is 1. The number of hydrogen-bond acceptors (Lipinski definition) is 6. The minimum Gasteiger partial charge on any atom is -0.478 e. The van der Waals surface area contributed by atoms with Crippen molar-refractivity contribution >= 4 is 39.8 Å². The second-order valence-electron chi connectivity index (χ2n) is 9.74. The molecule has 9 nitrogen and oxygen atoms in total. The number of ether oxygens (including phenoxy) is 1. The van der Waals surface area contributed by atoms with Crippen molar-refractivity contribution in [3.8, 4) is 16.8 Å². The molecule has 0 radical (unpaired) electrons. The summed E-state index contributed by atoms with van der Waals surface area (Å²) in [7, 11) is 0. The molecule has 3 aromatic heterocycles. The number of carboxylic acids is 1. The molecule has 192 valence electrons. The Morgan fingerprint density at radius 1 is 1.00 bits per heavy atom. The SMILES string of the molecule is Cc1nc2c(C(=O)O)cc(-c3ccnc(NC(=O)OC(C)(C)C)c3)cc2n1-c1ccnc2cc(F)ccc12. The van der Waals surface area contributed by atoms with E-state index < -0.39 is 23.5 Å². The van der Waals surface area contributed by atoms with Gasteiger partial charge in [0.1, 0.15) is 28.6 Å². The van der Waals surface area contributed by atoms with Crippen LogP contribution in [0.2, 0.25) is 0 Å². The van der Waals surface area contributed by atoms with Crippen LogP contribution in [-0.2, 0) is 4.74 Å². The molecule has 0 aliphatic heterocycles. The molecule has 2 aromatic carbocycles. The first-order chi connectivity index (χ1) is 18.0. The number of imidazole rings is 1. The number of hydrogen-bond donors (Lipinski definition) is 2. The smallest absolute Gasteiger partial charge is 0.413 e. The number of nitrogens with zero attached hydrogens (tertiary/aromatic N) is 4. The first kappa shape index (κ1) is 24.8. The Balaban J connectivity index is 1.67. The minimum atomic E-state index is -1.13. The highest BCUT2D eigenvalue weighted by molar-refractivity contribution is 6.04. The fourth-order valence-corrected chi connectivity index (χ4v) is 4.31. The summed E-state index contributed by atoms with van der Waals surface area (Å²) in [6, 6.07) is 12.8. The van der Waals surface area contributed by atoms with Crippen molar-refractivity contribution in [2.75, 3.05) is 5.32 Å². The maximum atomic E-state index is 13.9. The molecule has 0 spiro atoms. The number of anilines is 1. The number of aryl methyl sites for hydroxylation is 1. The number of halogens is 1. The molecule has 0 saturated carbocycles. The van der Waals surface area contributed by atoms with Crippen LogP contribution in [0.3, 0.4) is 0 Å². The number of aromatic carboxylic acids is 1. The Morgan fingerprint density at radius 2 is 1.76 bits per heavy atom. The molecule has 0 unspecified atom stereocenters. The Labute approximate surface area is 216 Å². The molecule has 10 heteroatoms. The predicted octanol–water partition coefficient (Wildman–Crippen LogP) is 6.13. The largest absolute Gasteiger partial charge is 0.478 e. The summed E-state index contributed by atoms with van der Waals surface area (Å²) in [5.41, 5.74) is 2.55. The number of fused-ring (bicyclic) bond motifs is 2. The van der Waals surface area contributed by atoms with Crippen LogP contribution in [0.25, 0.3) is 38.8 Å². The summed E-state index contributed by atoms with van der Waals surface area (Å²) in [5.74, 6) is -0.735. The van der Waals surface area contributed by atoms with Crippen LogP contribution in [0.15, 0.2) is 60.9 Å². The average molecular weight is 514 g/mol. The summed E-state index contributed by atoms with van der Waals surface area (Å²) in [4.78, 5) is 37.5. The topological polar surface area (TPSA) is 119 Å². The standard InChI is InChI=1S/C28H24FN5O4/c1-15-32-25-20(26(35)36)11-17(16-7-9-31-24(13-16)33-27(37)38-28(2,3)4)12-23(25)34(15)22-8-10-30-21-14-18(29)5-6-19(21)22/h5-14H,1-4H3,(H,35,36)(H,31,33,37). The van der Waals surface area contributed by atoms with Crippen molar-refractivity contribution in [3.05, 3.63) is 78.1 Å². The van der Waals surface area contributed by atoms with E-state index in [-0.39, 0.29) is 11.4 Å². The molecule has 3 heterocycles. The Bertz CT molecular complexity index is 1740. The molecule has 0 saturated heterocycles. The van der Waals surface area contributed by atoms with Gasteiger partial charge in [0.15, 0.2) is 0 Å². The van der Waals surface area contributed by atoms with E-state index in [1.807, 2.05) is 10.6 Å². The van der Waals surface area contributed by atoms with Crippen molar-refractivity contribution in [2.24, 2.45) is 0 Å². The van der Waals surface area contributed by atoms with E-state index in [0.717, 1.165) is 0 Å². The van der Waals surface area contributed by atoms with Gasteiger partial charge in [-0.25, -0.2) is 23.9 Å². The zero-order chi connectivity index (χ0) is 27.2. The molecule has 0 atom stereocenters. The fourth-order valence-electron chi connectivity index (χ4n) is 4.31. The van der Waals surface area contributed by atoms with E-state index in [0.29, 0.717) is 44.6 Å². The van der Waals surface area contributed by atoms with Gasteiger partial charge >= 0.3 is 12.1 Å². The zero-order valence-electron chi connectivity index (χ0n) is 21.1. The maximum Gasteiger partial charge on any atom is 0.413 e. The van der Waals surface area contributed by atoms with Crippen LogP contribution in [0.5, 0.6) is 0 Å². The average Bonchev–Trinajstić information content (AvgIpc) is 3.17. The number of benzene rings is 2. The Kier molecular flexibility index (Phi) is 6.02. The maximum absolute atomic E-state index is 13.9. The molecule has 0 bridgehead atoms. The Morgan fingerprint density at radius 3 is 2.50 bits per heavy atom. The third kappa shape index (κ3) is 4.75. The van der Waals surface area contributed by atoms with Crippen molar-refractivity contribution in [1.82, 2.24) is 19.5 Å². The highest BCUT2D eigenvalue weighted by atomic mass is 19.1. The second-order valence-corrected chi connectivity index (χ2v) is 9.74. The highest BCUT2D eigenvalue weighted by Gasteiger charge is 2.21. The molecule has 0 fully saturated rings. The van der Waals surface area contributed by atoms with Crippen LogP contribution in [0, 0.1) is 12.7 Å². The summed E-state index contributed by atoms with van der Waals surface area (Å²) in [6.45, 7) is 7.04. The van der Waals surface area contributed by atoms with Gasteiger partial charge in [-0.3, -0.25) is 14.9 Å². The molecule has 0 aliphatic carbocycles. The van der Waals surface area contributed by atoms with Crippen LogP contribution < -0.4 is 5.32 Å². The number of carbonyl (C=O) groups is 2. The van der Waals surface area contributed by atoms with Crippen LogP contribution >= 0.6 is 0 Å². The van der Waals surface area contributed by atoms with E-state index in [4.69, 9.17) is 4.74 Å². The van der Waals surface area contributed by atoms with Gasteiger partial charge in [-0.2, -0.15) is 0 Å². The number of carboxylic acid groups (broad SMARTS) is 1. The molecular formula is C28H24FN5O4. The van der Waals surface area contributed by atoms with Crippen molar-refractivity contribution in [3.63, 3.8) is 0 Å². The quantitative estimate of drug-likeness (QED) is 0.297. The number of rotatable bonds is 4. The van der Waals surface area contributed by atoms with Crippen LogP contribution in [0.4, 0.5) is 15.0 Å². The molecule has 0 aliphatic rings. The number of aromatic nitrogens is 4. The van der Waals surface area contributed by atoms with E-state index in [1.165, 1.54) is 24.4 Å². The second kappa shape index (κ2) is 9.22. The molecule has 1 amide bonds. The van der Waals surface area contributed by atoms with Gasteiger partial charge in [0.2, 0.25) is 0 Å². The van der Waals surface area contributed by atoms with Crippen molar-refractivity contribution in [1.29, 1.82) is 0 Å². The predicted molar refractivity (Wildman–Crippen MR) is 141 cm³/mol. The van der Waals surface area contributed by atoms with Gasteiger partial charge in [0.25, 0.3) is 0 Å². The number of carbonyl (C=O) groups excluding carboxylic acids is 1. The van der Waals surface area contributed by atoms with Gasteiger partial charge in [-0.15, -0.1) is 0 Å². The van der Waals surface area contributed by atoms with Gasteiger partial charge < -0.3 is 9.84 Å². The van der Waals surface area contributed by atoms with Gasteiger partial charge in [-0.05, 0) is 81.3 Å². The van der Waals surface area contributed by atoms with Crippen LogP contribution in [-0.4, -0.2) is 42.3 Å². The lowest BCUT2D eigenvalue weighted by atomic mass is 10.0. The summed E-state index contributed by atoms with van der Waals surface area (Å²) < 4.78 is 21.0. The summed E-state index contributed by atoms with van der Waals surface area (Å²) in [6.07, 6.45) is 2.43. The third-order valence-corrected chi connectivity index (χ3v) is 5.80. The first-order valence-electron chi connectivity index (χ1n) is 11.8. The molecule has 38 heavy (non-hydrogen) atoms. The van der Waals surface area contributed by atoms with E-state index in [1.54, 1.807) is 58.2 Å². The van der Waals surface area contributed by atoms with Gasteiger partial charge in [-0.1, -0.05) is 0 Å². The monoisotopic (exact) mass is 513 g/mol. The van der Waals surface area contributed by atoms with E-state index >= 15 is 0 Å². The zero-order valence-corrected chi connectivity index (χ0v) is 21.1. The normalized spacial score (nSPS) is 11.6. The molecule has 5 rings (SSSR count). The van der Waals surface area contributed by atoms with Crippen LogP contribution in [0.1, 0.15) is 37.0 Å². The lowest BCUT2D eigenvalue weighted by Crippen LogP contribution is -2.27. The molecular weight excluding hydrogens is 489 g/mol. The van der Waals surface area contributed by atoms with Gasteiger partial charge in [0.05, 0.1) is 22.3 Å². The fraction of sp³-hybridized carbons (Fsp3) is 0.179. The lowest BCUT2D eigenvalue weighted by Gasteiger charge is -2.19. The lowest BCUT2D eigenvalue weighted by molar-refractivity contribution is 0.0633. The number of nitrogens with one attached hydrogen (secondary N) is 1. The summed E-state index contributed by atoms with van der Waals surface area (Å²) in [5, 5.41) is 13.3. The number of pyridine rings is 2. The highest BCUT2D eigenvalue weighted by Crippen LogP contribution is 2.33. The molecule has 2 N–H and O–H groups in total. The third-order valence-electron chi connectivity index (χ3n) is 5.80. The Hall–Kier alpha value is -4.86. The molecule has 5 aromatic rings. The van der Waals surface area contributed by atoms with E-state index in [2.05, 4.69) is 20.3 Å². The summed E-state index contributed by atoms with van der Waals surface area (Å²) >= 11 is 0. The minimum absolute atomic E-state index is 0.0159. The van der Waals surface area contributed by atoms with Gasteiger partial charge in [0, 0.05) is 23.8 Å². The van der Waals surface area contributed by atoms with Crippen molar-refractivity contribution in [2.45, 2.75) is 33.3 Å². The van der Waals surface area contributed by atoms with Crippen molar-refractivity contribution < 1.29 is 23.8 Å². The van der Waals surface area contributed by atoms with E-state index in [9.17, 15) is 19.1 Å². The first-order valence-corrected chi connectivity index (χ1v) is 11.8.